The van der Waals surface area contributed by atoms with Crippen molar-refractivity contribution < 1.29 is 4.79 Å². The summed E-state index contributed by atoms with van der Waals surface area (Å²) in [4.78, 5) is 26.8. The number of carbonyl (C=O) groups excluding carboxylic acids is 1. The molecule has 124 valence electrons. The molecule has 1 fully saturated rings. The Hall–Kier alpha value is -1.91. The Labute approximate surface area is 145 Å². The van der Waals surface area contributed by atoms with Crippen LogP contribution in [0.15, 0.2) is 47.3 Å². The summed E-state index contributed by atoms with van der Waals surface area (Å²) in [6.45, 7) is 2.89. The van der Waals surface area contributed by atoms with Crippen molar-refractivity contribution in [1.82, 2.24) is 9.47 Å². The number of pyridine rings is 1. The molecule has 2 aromatic rings. The van der Waals surface area contributed by atoms with Crippen LogP contribution in [-0.2, 0) is 6.54 Å². The van der Waals surface area contributed by atoms with E-state index in [4.69, 9.17) is 11.6 Å². The fraction of sp³-hybridized carbons (Fsp3) is 0.368. The molecule has 1 saturated heterocycles. The molecule has 2 aliphatic rings. The van der Waals surface area contributed by atoms with Gasteiger partial charge in [-0.15, -0.1) is 0 Å². The van der Waals surface area contributed by atoms with Crippen molar-refractivity contribution in [3.8, 4) is 0 Å². The van der Waals surface area contributed by atoms with Gasteiger partial charge in [-0.05, 0) is 42.7 Å². The van der Waals surface area contributed by atoms with Crippen LogP contribution in [0.4, 0.5) is 0 Å². The molecule has 5 heteroatoms. The normalized spacial score (nSPS) is 22.9. The second kappa shape index (κ2) is 6.19. The third kappa shape index (κ3) is 2.92. The second-order valence-corrected chi connectivity index (χ2v) is 7.26. The zero-order valence-electron chi connectivity index (χ0n) is 13.3. The average molecular weight is 343 g/mol. The Morgan fingerprint density at radius 2 is 1.88 bits per heavy atom. The lowest BCUT2D eigenvalue weighted by Crippen LogP contribution is -2.48. The van der Waals surface area contributed by atoms with Crippen molar-refractivity contribution in [2.45, 2.75) is 18.9 Å². The third-order valence-electron chi connectivity index (χ3n) is 5.09. The van der Waals surface area contributed by atoms with Crippen LogP contribution in [0.25, 0.3) is 0 Å². The maximum absolute atomic E-state index is 12.5. The third-order valence-corrected chi connectivity index (χ3v) is 5.34. The van der Waals surface area contributed by atoms with Gasteiger partial charge < -0.3 is 4.57 Å². The van der Waals surface area contributed by atoms with Gasteiger partial charge in [0, 0.05) is 47.9 Å². The second-order valence-electron chi connectivity index (χ2n) is 6.82. The van der Waals surface area contributed by atoms with Gasteiger partial charge in [-0.25, -0.2) is 0 Å². The number of rotatable bonds is 3. The Bertz CT molecular complexity index is 828. The molecule has 24 heavy (non-hydrogen) atoms. The fourth-order valence-electron chi connectivity index (χ4n) is 4.05. The van der Waals surface area contributed by atoms with Crippen LogP contribution in [0, 0.1) is 5.92 Å². The number of Topliss-reactive ketones (excluding diaryl/α,β-unsaturated/α-hetero) is 1. The molecule has 1 aromatic carbocycles. The van der Waals surface area contributed by atoms with Crippen molar-refractivity contribution in [3.05, 3.63) is 69.1 Å². The van der Waals surface area contributed by atoms with E-state index in [0.717, 1.165) is 31.7 Å². The Kier molecular flexibility index (Phi) is 4.02. The predicted octanol–water partition coefficient (Wildman–Crippen LogP) is 2.80. The highest BCUT2D eigenvalue weighted by Crippen LogP contribution is 2.34. The highest BCUT2D eigenvalue weighted by molar-refractivity contribution is 6.30. The minimum atomic E-state index is 0.0906. The molecular formula is C19H19ClN2O2. The van der Waals surface area contributed by atoms with Crippen molar-refractivity contribution in [2.24, 2.45) is 5.92 Å². The van der Waals surface area contributed by atoms with E-state index in [2.05, 4.69) is 4.90 Å². The molecule has 0 amide bonds. The van der Waals surface area contributed by atoms with Gasteiger partial charge in [0.15, 0.2) is 5.78 Å². The maximum Gasteiger partial charge on any atom is 0.250 e. The van der Waals surface area contributed by atoms with Crippen LogP contribution in [0.1, 0.15) is 28.4 Å². The number of carbonyl (C=O) groups is 1. The van der Waals surface area contributed by atoms with Crippen LogP contribution in [0.5, 0.6) is 0 Å². The summed E-state index contributed by atoms with van der Waals surface area (Å²) in [5.41, 5.74) is 1.90. The Balaban J connectivity index is 1.51. The number of ketones is 1. The van der Waals surface area contributed by atoms with Crippen LogP contribution >= 0.6 is 11.6 Å². The summed E-state index contributed by atoms with van der Waals surface area (Å²) in [5, 5.41) is 0.640. The number of hydrogen-bond donors (Lipinski definition) is 0. The topological polar surface area (TPSA) is 42.3 Å². The zero-order valence-corrected chi connectivity index (χ0v) is 14.1. The lowest BCUT2D eigenvalue weighted by atomic mass is 9.83. The van der Waals surface area contributed by atoms with Gasteiger partial charge in [0.2, 0.25) is 0 Å². The van der Waals surface area contributed by atoms with E-state index >= 15 is 0 Å². The highest BCUT2D eigenvalue weighted by Gasteiger charge is 2.34. The molecule has 4 nitrogen and oxygen atoms in total. The van der Waals surface area contributed by atoms with Gasteiger partial charge in [0.05, 0.1) is 6.54 Å². The number of aromatic nitrogens is 1. The van der Waals surface area contributed by atoms with Crippen molar-refractivity contribution >= 4 is 17.4 Å². The minimum Gasteiger partial charge on any atom is -0.312 e. The molecule has 0 spiro atoms. The molecule has 0 radical (unpaired) electrons. The number of hydrogen-bond acceptors (Lipinski definition) is 3. The maximum atomic E-state index is 12.5. The van der Waals surface area contributed by atoms with Gasteiger partial charge in [0.25, 0.3) is 5.56 Å². The van der Waals surface area contributed by atoms with E-state index in [9.17, 15) is 9.59 Å². The largest absolute Gasteiger partial charge is 0.312 e. The smallest absolute Gasteiger partial charge is 0.250 e. The molecule has 2 atom stereocenters. The van der Waals surface area contributed by atoms with Gasteiger partial charge in [-0.2, -0.15) is 0 Å². The summed E-state index contributed by atoms with van der Waals surface area (Å²) in [5.74, 6) is 0.899. The molecule has 0 N–H and O–H groups in total. The SMILES string of the molecule is O=C(CN1C[C@@H]2C[C@@H](C1)c1cccc(=O)n1C2)c1ccc(Cl)cc1. The molecule has 0 unspecified atom stereocenters. The van der Waals surface area contributed by atoms with Gasteiger partial charge in [-0.3, -0.25) is 14.5 Å². The van der Waals surface area contributed by atoms with E-state index in [1.54, 1.807) is 30.3 Å². The molecule has 4 rings (SSSR count). The lowest BCUT2D eigenvalue weighted by Gasteiger charge is -2.42. The first kappa shape index (κ1) is 15.6. The van der Waals surface area contributed by atoms with Gasteiger partial charge in [-0.1, -0.05) is 17.7 Å². The molecule has 2 aliphatic heterocycles. The van der Waals surface area contributed by atoms with Gasteiger partial charge >= 0.3 is 0 Å². The number of nitrogens with zero attached hydrogens (tertiary/aromatic N) is 2. The first-order valence-corrected chi connectivity index (χ1v) is 8.69. The van der Waals surface area contributed by atoms with E-state index in [0.29, 0.717) is 29.0 Å². The van der Waals surface area contributed by atoms with E-state index in [-0.39, 0.29) is 11.3 Å². The first-order valence-electron chi connectivity index (χ1n) is 8.31. The molecular weight excluding hydrogens is 324 g/mol. The van der Waals surface area contributed by atoms with E-state index < -0.39 is 0 Å². The van der Waals surface area contributed by atoms with Crippen molar-refractivity contribution in [3.63, 3.8) is 0 Å². The first-order chi connectivity index (χ1) is 11.6. The van der Waals surface area contributed by atoms with E-state index in [1.165, 1.54) is 0 Å². The summed E-state index contributed by atoms with van der Waals surface area (Å²) < 4.78 is 1.91. The van der Waals surface area contributed by atoms with Crippen LogP contribution in [0.2, 0.25) is 5.02 Å². The average Bonchev–Trinajstić information content (AvgIpc) is 2.56. The Morgan fingerprint density at radius 1 is 1.08 bits per heavy atom. The minimum absolute atomic E-state index is 0.0906. The summed E-state index contributed by atoms with van der Waals surface area (Å²) in [6.07, 6.45) is 1.11. The molecule has 0 aliphatic carbocycles. The highest BCUT2D eigenvalue weighted by atomic mass is 35.5. The predicted molar refractivity (Wildman–Crippen MR) is 93.8 cm³/mol. The molecule has 3 heterocycles. The number of halogens is 1. The number of piperidine rings is 1. The number of fused-ring (bicyclic) bond motifs is 4. The Morgan fingerprint density at radius 3 is 2.67 bits per heavy atom. The van der Waals surface area contributed by atoms with Crippen molar-refractivity contribution in [2.75, 3.05) is 19.6 Å². The quantitative estimate of drug-likeness (QED) is 0.805. The van der Waals surface area contributed by atoms with Crippen molar-refractivity contribution in [1.29, 1.82) is 0 Å². The number of benzene rings is 1. The van der Waals surface area contributed by atoms with Crippen LogP contribution in [-0.4, -0.2) is 34.9 Å². The molecule has 2 bridgehead atoms. The zero-order chi connectivity index (χ0) is 16.7. The summed E-state index contributed by atoms with van der Waals surface area (Å²) in [7, 11) is 0. The molecule has 0 saturated carbocycles. The van der Waals surface area contributed by atoms with Crippen LogP contribution < -0.4 is 5.56 Å². The lowest BCUT2D eigenvalue weighted by molar-refractivity contribution is 0.0817. The van der Waals surface area contributed by atoms with Crippen LogP contribution in [0.3, 0.4) is 0 Å². The fourth-order valence-corrected chi connectivity index (χ4v) is 4.18. The van der Waals surface area contributed by atoms with Gasteiger partial charge in [0.1, 0.15) is 0 Å². The standard InChI is InChI=1S/C19H19ClN2O2/c20-16-6-4-14(5-7-16)18(23)12-21-9-13-8-15(11-21)17-2-1-3-19(24)22(17)10-13/h1-7,13,15H,8-12H2/t13-,15-/m0/s1. The van der Waals surface area contributed by atoms with E-state index in [1.807, 2.05) is 16.7 Å². The summed E-state index contributed by atoms with van der Waals surface area (Å²) >= 11 is 5.88. The monoisotopic (exact) mass is 342 g/mol. The number of likely N-dealkylation sites (tertiary alicyclic amines) is 1. The molecule has 1 aromatic heterocycles. The summed E-state index contributed by atoms with van der Waals surface area (Å²) in [6, 6.07) is 12.6.